The number of anilines is 2. The topological polar surface area (TPSA) is 44.3 Å². The summed E-state index contributed by atoms with van der Waals surface area (Å²) < 4.78 is 0. The van der Waals surface area contributed by atoms with Crippen molar-refractivity contribution in [1.29, 1.82) is 0 Å². The van der Waals surface area contributed by atoms with E-state index < -0.39 is 0 Å². The van der Waals surface area contributed by atoms with Crippen molar-refractivity contribution in [1.82, 2.24) is 14.9 Å². The average Bonchev–Trinajstić information content (AvgIpc) is 3.02. The normalized spacial score (nSPS) is 25.0. The van der Waals surface area contributed by atoms with Crippen LogP contribution in [-0.2, 0) is 0 Å². The van der Waals surface area contributed by atoms with E-state index in [2.05, 4.69) is 46.9 Å². The van der Waals surface area contributed by atoms with E-state index in [9.17, 15) is 0 Å². The number of nitrogens with one attached hydrogen (secondary N) is 1. The predicted octanol–water partition coefficient (Wildman–Crippen LogP) is 5.65. The molecule has 172 valence electrons. The highest BCUT2D eigenvalue weighted by molar-refractivity contribution is 5.42. The van der Waals surface area contributed by atoms with Crippen LogP contribution in [0, 0.1) is 5.41 Å². The van der Waals surface area contributed by atoms with Crippen LogP contribution in [0.15, 0.2) is 23.4 Å². The summed E-state index contributed by atoms with van der Waals surface area (Å²) >= 11 is 0. The fourth-order valence-electron chi connectivity index (χ4n) is 6.02. The van der Waals surface area contributed by atoms with E-state index in [0.29, 0.717) is 11.5 Å². The molecule has 5 heteroatoms. The van der Waals surface area contributed by atoms with Crippen molar-refractivity contribution < 1.29 is 0 Å². The zero-order chi connectivity index (χ0) is 21.7. The highest BCUT2D eigenvalue weighted by atomic mass is 15.2. The van der Waals surface area contributed by atoms with Crippen LogP contribution in [0.3, 0.4) is 0 Å². The third-order valence-electron chi connectivity index (χ3n) is 7.90. The van der Waals surface area contributed by atoms with Crippen molar-refractivity contribution in [3.63, 3.8) is 0 Å². The standard InChI is InChI=1S/C26H43N5/c1-21-10-8-14-26(2,3)23(21)13-19-30-18-9-11-22(30)20-28-25-27-15-12-24(29-25)31-16-6-4-5-7-17-31/h12,15,22H,4-11,13-14,16-20H2,1-3H3,(H,27,28,29). The quantitative estimate of drug-likeness (QED) is 0.572. The minimum atomic E-state index is 0.386. The van der Waals surface area contributed by atoms with E-state index in [0.717, 1.165) is 31.4 Å². The predicted molar refractivity (Wildman–Crippen MR) is 131 cm³/mol. The molecule has 0 bridgehead atoms. The lowest BCUT2D eigenvalue weighted by Crippen LogP contribution is -2.37. The second-order valence-corrected chi connectivity index (χ2v) is 10.6. The SMILES string of the molecule is CC1=C(CCN2CCCC2CNc2nccc(N3CCCCCC3)n2)C(C)(C)CCC1. The van der Waals surface area contributed by atoms with E-state index in [1.807, 2.05) is 6.20 Å². The van der Waals surface area contributed by atoms with E-state index in [1.165, 1.54) is 77.3 Å². The minimum absolute atomic E-state index is 0.386. The highest BCUT2D eigenvalue weighted by Crippen LogP contribution is 2.42. The van der Waals surface area contributed by atoms with Crippen LogP contribution in [0.4, 0.5) is 11.8 Å². The Morgan fingerprint density at radius 3 is 2.65 bits per heavy atom. The van der Waals surface area contributed by atoms with E-state index in [1.54, 1.807) is 11.1 Å². The lowest BCUT2D eigenvalue weighted by atomic mass is 9.71. The third kappa shape index (κ3) is 5.79. The van der Waals surface area contributed by atoms with Gasteiger partial charge >= 0.3 is 0 Å². The van der Waals surface area contributed by atoms with Crippen molar-refractivity contribution in [3.8, 4) is 0 Å². The first-order valence-electron chi connectivity index (χ1n) is 12.8. The molecule has 5 nitrogen and oxygen atoms in total. The second-order valence-electron chi connectivity index (χ2n) is 10.6. The van der Waals surface area contributed by atoms with Crippen molar-refractivity contribution >= 4 is 11.8 Å². The maximum atomic E-state index is 4.85. The van der Waals surface area contributed by atoms with Gasteiger partial charge in [-0.15, -0.1) is 0 Å². The molecule has 1 unspecified atom stereocenters. The molecule has 1 aromatic rings. The molecule has 1 aliphatic carbocycles. The Balaban J connectivity index is 1.31. The molecule has 3 heterocycles. The third-order valence-corrected chi connectivity index (χ3v) is 7.90. The molecule has 2 aliphatic heterocycles. The number of hydrogen-bond donors (Lipinski definition) is 1. The largest absolute Gasteiger partial charge is 0.356 e. The fraction of sp³-hybridized carbons (Fsp3) is 0.769. The smallest absolute Gasteiger partial charge is 0.224 e. The van der Waals surface area contributed by atoms with Gasteiger partial charge in [-0.05, 0) is 76.3 Å². The molecule has 1 aromatic heterocycles. The van der Waals surface area contributed by atoms with Crippen molar-refractivity contribution in [2.45, 2.75) is 91.0 Å². The number of aromatic nitrogens is 2. The fourth-order valence-corrected chi connectivity index (χ4v) is 6.02. The summed E-state index contributed by atoms with van der Waals surface area (Å²) in [7, 11) is 0. The Bertz CT molecular complexity index is 748. The summed E-state index contributed by atoms with van der Waals surface area (Å²) in [5.41, 5.74) is 3.77. The summed E-state index contributed by atoms with van der Waals surface area (Å²) in [6, 6.07) is 2.67. The van der Waals surface area contributed by atoms with Gasteiger partial charge in [-0.1, -0.05) is 37.8 Å². The van der Waals surface area contributed by atoms with Crippen LogP contribution < -0.4 is 10.2 Å². The number of likely N-dealkylation sites (tertiary alicyclic amines) is 1. The summed E-state index contributed by atoms with van der Waals surface area (Å²) in [6.07, 6.45) is 15.0. The Morgan fingerprint density at radius 2 is 1.87 bits per heavy atom. The molecule has 0 spiro atoms. The first kappa shape index (κ1) is 22.6. The van der Waals surface area contributed by atoms with Gasteiger partial charge in [-0.3, -0.25) is 4.90 Å². The van der Waals surface area contributed by atoms with Crippen molar-refractivity contribution in [2.75, 3.05) is 42.9 Å². The molecule has 0 saturated carbocycles. The molecule has 4 rings (SSSR count). The monoisotopic (exact) mass is 425 g/mol. The molecule has 2 saturated heterocycles. The van der Waals surface area contributed by atoms with Crippen molar-refractivity contribution in [2.24, 2.45) is 5.41 Å². The van der Waals surface area contributed by atoms with Crippen LogP contribution in [0.5, 0.6) is 0 Å². The van der Waals surface area contributed by atoms with Crippen LogP contribution in [0.1, 0.15) is 85.0 Å². The summed E-state index contributed by atoms with van der Waals surface area (Å²) in [6.45, 7) is 12.9. The Morgan fingerprint density at radius 1 is 1.06 bits per heavy atom. The molecule has 0 radical (unpaired) electrons. The number of hydrogen-bond acceptors (Lipinski definition) is 5. The molecule has 0 aromatic carbocycles. The molecule has 3 aliphatic rings. The molecule has 2 fully saturated rings. The van der Waals surface area contributed by atoms with Crippen molar-refractivity contribution in [3.05, 3.63) is 23.4 Å². The van der Waals surface area contributed by atoms with Gasteiger partial charge in [0.25, 0.3) is 0 Å². The number of allylic oxidation sites excluding steroid dienone is 1. The Hall–Kier alpha value is -1.62. The molecule has 0 amide bonds. The van der Waals surface area contributed by atoms with Gasteiger partial charge in [0, 0.05) is 38.4 Å². The Labute approximate surface area is 189 Å². The summed E-state index contributed by atoms with van der Waals surface area (Å²) in [5, 5.41) is 3.57. The molecule has 1 atom stereocenters. The van der Waals surface area contributed by atoms with Gasteiger partial charge < -0.3 is 10.2 Å². The zero-order valence-corrected chi connectivity index (χ0v) is 20.1. The Kier molecular flexibility index (Phi) is 7.52. The van der Waals surface area contributed by atoms with Gasteiger partial charge in [0.05, 0.1) is 0 Å². The minimum Gasteiger partial charge on any atom is -0.356 e. The molecular weight excluding hydrogens is 382 g/mol. The van der Waals surface area contributed by atoms with E-state index in [4.69, 9.17) is 4.98 Å². The van der Waals surface area contributed by atoms with Crippen LogP contribution >= 0.6 is 0 Å². The van der Waals surface area contributed by atoms with Gasteiger partial charge in [-0.2, -0.15) is 4.98 Å². The maximum Gasteiger partial charge on any atom is 0.224 e. The molecule has 31 heavy (non-hydrogen) atoms. The number of nitrogens with zero attached hydrogens (tertiary/aromatic N) is 4. The van der Waals surface area contributed by atoms with E-state index >= 15 is 0 Å². The lowest BCUT2D eigenvalue weighted by molar-refractivity contribution is 0.252. The van der Waals surface area contributed by atoms with Crippen LogP contribution in [0.25, 0.3) is 0 Å². The lowest BCUT2D eigenvalue weighted by Gasteiger charge is -2.36. The molecular formula is C26H43N5. The van der Waals surface area contributed by atoms with Crippen LogP contribution in [-0.4, -0.2) is 53.6 Å². The maximum absolute atomic E-state index is 4.85. The first-order chi connectivity index (χ1) is 15.0. The van der Waals surface area contributed by atoms with Gasteiger partial charge in [0.1, 0.15) is 5.82 Å². The van der Waals surface area contributed by atoms with E-state index in [-0.39, 0.29) is 0 Å². The van der Waals surface area contributed by atoms with Gasteiger partial charge in [-0.25, -0.2) is 4.98 Å². The second kappa shape index (κ2) is 10.3. The van der Waals surface area contributed by atoms with Crippen LogP contribution in [0.2, 0.25) is 0 Å². The zero-order valence-electron chi connectivity index (χ0n) is 20.1. The molecule has 1 N–H and O–H groups in total. The summed E-state index contributed by atoms with van der Waals surface area (Å²) in [4.78, 5) is 14.5. The van der Waals surface area contributed by atoms with Gasteiger partial charge in [0.2, 0.25) is 5.95 Å². The summed E-state index contributed by atoms with van der Waals surface area (Å²) in [5.74, 6) is 1.88. The van der Waals surface area contributed by atoms with Gasteiger partial charge in [0.15, 0.2) is 0 Å². The highest BCUT2D eigenvalue weighted by Gasteiger charge is 2.30. The number of rotatable bonds is 7. The first-order valence-corrected chi connectivity index (χ1v) is 12.8. The average molecular weight is 426 g/mol.